The van der Waals surface area contributed by atoms with Crippen LogP contribution in [-0.4, -0.2) is 26.5 Å². The number of halogens is 1. The average molecular weight is 292 g/mol. The van der Waals surface area contributed by atoms with E-state index in [0.29, 0.717) is 17.2 Å². The first-order valence-corrected chi connectivity index (χ1v) is 6.57. The summed E-state index contributed by atoms with van der Waals surface area (Å²) in [4.78, 5) is 0. The molecular weight excluding hydrogens is 278 g/mol. The molecule has 0 bridgehead atoms. The lowest BCUT2D eigenvalue weighted by Crippen LogP contribution is -2.06. The second-order valence-corrected chi connectivity index (χ2v) is 4.51. The Hall–Kier alpha value is -2.33. The number of nitrogens with zero attached hydrogens (tertiary/aromatic N) is 5. The van der Waals surface area contributed by atoms with Crippen LogP contribution in [0, 0.1) is 11.3 Å². The second kappa shape index (κ2) is 6.21. The minimum absolute atomic E-state index is 0.225. The third kappa shape index (κ3) is 2.81. The van der Waals surface area contributed by atoms with Crippen LogP contribution in [0.15, 0.2) is 12.1 Å². The van der Waals surface area contributed by atoms with Gasteiger partial charge in [-0.2, -0.15) is 9.94 Å². The van der Waals surface area contributed by atoms with Gasteiger partial charge in [0.15, 0.2) is 16.8 Å². The highest BCUT2D eigenvalue weighted by molar-refractivity contribution is 6.29. The van der Waals surface area contributed by atoms with E-state index < -0.39 is 0 Å². The number of aromatic nitrogens is 4. The molecule has 0 aliphatic carbocycles. The lowest BCUT2D eigenvalue weighted by molar-refractivity contribution is 0.805. The van der Waals surface area contributed by atoms with Gasteiger partial charge in [0.1, 0.15) is 17.5 Å². The molecule has 0 amide bonds. The molecule has 0 saturated carbocycles. The Balaban J connectivity index is 2.35. The number of nitrogens with one attached hydrogen (secondary N) is 1. The normalized spacial score (nSPS) is 10.2. The predicted molar refractivity (Wildman–Crippen MR) is 76.7 cm³/mol. The molecule has 0 atom stereocenters. The zero-order valence-electron chi connectivity index (χ0n) is 11.0. The van der Waals surface area contributed by atoms with E-state index in [0.717, 1.165) is 19.4 Å². The van der Waals surface area contributed by atoms with Crippen LogP contribution in [0.1, 0.15) is 25.3 Å². The molecule has 2 aromatic rings. The van der Waals surface area contributed by atoms with Crippen molar-refractivity contribution in [2.75, 3.05) is 17.6 Å². The van der Waals surface area contributed by atoms with Gasteiger partial charge in [-0.3, -0.25) is 0 Å². The topological polar surface area (TPSA) is 105 Å². The van der Waals surface area contributed by atoms with E-state index in [9.17, 15) is 5.26 Å². The number of nitrogen functional groups attached to an aromatic ring is 1. The SMILES string of the molecule is CCCCNc1nn(-c2ccc(Cl)nn2)c(N)c1C#N. The fourth-order valence-corrected chi connectivity index (χ4v) is 1.75. The van der Waals surface area contributed by atoms with Crippen molar-refractivity contribution in [2.24, 2.45) is 0 Å². The molecule has 0 spiro atoms. The zero-order chi connectivity index (χ0) is 14.5. The van der Waals surface area contributed by atoms with E-state index in [1.807, 2.05) is 6.07 Å². The standard InChI is InChI=1S/C12H14ClN7/c1-2-3-6-16-12-8(7-14)11(15)20(19-12)10-5-4-9(13)17-18-10/h4-5H,2-3,6,15H2,1H3,(H,16,19). The second-order valence-electron chi connectivity index (χ2n) is 4.13. The van der Waals surface area contributed by atoms with Gasteiger partial charge in [0, 0.05) is 6.54 Å². The summed E-state index contributed by atoms with van der Waals surface area (Å²) in [5.74, 6) is 1.09. The van der Waals surface area contributed by atoms with E-state index in [1.54, 1.807) is 12.1 Å². The molecule has 0 aromatic carbocycles. The maximum atomic E-state index is 9.18. The number of hydrogen-bond donors (Lipinski definition) is 2. The van der Waals surface area contributed by atoms with Crippen molar-refractivity contribution in [1.29, 1.82) is 5.26 Å². The Labute approximate surface area is 121 Å². The number of nitrogens with two attached hydrogens (primary N) is 1. The van der Waals surface area contributed by atoms with E-state index in [1.165, 1.54) is 4.68 Å². The smallest absolute Gasteiger partial charge is 0.178 e. The van der Waals surface area contributed by atoms with Crippen molar-refractivity contribution in [3.05, 3.63) is 22.8 Å². The molecule has 8 heteroatoms. The van der Waals surface area contributed by atoms with Crippen LogP contribution in [0.3, 0.4) is 0 Å². The molecular formula is C12H14ClN7. The van der Waals surface area contributed by atoms with Crippen LogP contribution < -0.4 is 11.1 Å². The summed E-state index contributed by atoms with van der Waals surface area (Å²) in [6.45, 7) is 2.82. The lowest BCUT2D eigenvalue weighted by atomic mass is 10.3. The van der Waals surface area contributed by atoms with E-state index in [2.05, 4.69) is 27.5 Å². The highest BCUT2D eigenvalue weighted by Crippen LogP contribution is 2.23. The van der Waals surface area contributed by atoms with Crippen molar-refractivity contribution in [1.82, 2.24) is 20.0 Å². The lowest BCUT2D eigenvalue weighted by Gasteiger charge is -2.01. The first-order valence-electron chi connectivity index (χ1n) is 6.19. The number of unbranched alkanes of at least 4 members (excludes halogenated alkanes) is 1. The molecule has 2 aromatic heterocycles. The zero-order valence-corrected chi connectivity index (χ0v) is 11.7. The third-order valence-corrected chi connectivity index (χ3v) is 2.89. The monoisotopic (exact) mass is 291 g/mol. The Morgan fingerprint density at radius 1 is 1.45 bits per heavy atom. The quantitative estimate of drug-likeness (QED) is 0.816. The molecule has 0 aliphatic rings. The summed E-state index contributed by atoms with van der Waals surface area (Å²) in [5.41, 5.74) is 6.23. The molecule has 7 nitrogen and oxygen atoms in total. The third-order valence-electron chi connectivity index (χ3n) is 2.69. The fourth-order valence-electron chi connectivity index (χ4n) is 1.65. The van der Waals surface area contributed by atoms with Crippen LogP contribution in [0.5, 0.6) is 0 Å². The summed E-state index contributed by atoms with van der Waals surface area (Å²) >= 11 is 5.69. The van der Waals surface area contributed by atoms with Crippen LogP contribution in [-0.2, 0) is 0 Å². The molecule has 20 heavy (non-hydrogen) atoms. The van der Waals surface area contributed by atoms with Gasteiger partial charge in [0.2, 0.25) is 0 Å². The van der Waals surface area contributed by atoms with Crippen molar-refractivity contribution < 1.29 is 0 Å². The maximum Gasteiger partial charge on any atom is 0.178 e. The molecule has 0 aliphatic heterocycles. The summed E-state index contributed by atoms with van der Waals surface area (Å²) < 4.78 is 1.37. The Morgan fingerprint density at radius 3 is 2.85 bits per heavy atom. The van der Waals surface area contributed by atoms with Gasteiger partial charge in [0.25, 0.3) is 0 Å². The maximum absolute atomic E-state index is 9.18. The van der Waals surface area contributed by atoms with E-state index in [-0.39, 0.29) is 11.0 Å². The van der Waals surface area contributed by atoms with Crippen LogP contribution in [0.25, 0.3) is 5.82 Å². The average Bonchev–Trinajstić information content (AvgIpc) is 2.76. The van der Waals surface area contributed by atoms with Crippen LogP contribution in [0.2, 0.25) is 5.15 Å². The molecule has 3 N–H and O–H groups in total. The first kappa shape index (κ1) is 14.1. The number of hydrogen-bond acceptors (Lipinski definition) is 6. The number of anilines is 2. The minimum Gasteiger partial charge on any atom is -0.382 e. The van der Waals surface area contributed by atoms with Gasteiger partial charge in [-0.1, -0.05) is 24.9 Å². The van der Waals surface area contributed by atoms with Gasteiger partial charge in [-0.15, -0.1) is 15.3 Å². The van der Waals surface area contributed by atoms with Gasteiger partial charge >= 0.3 is 0 Å². The van der Waals surface area contributed by atoms with Crippen molar-refractivity contribution >= 4 is 23.2 Å². The summed E-state index contributed by atoms with van der Waals surface area (Å²) in [6.07, 6.45) is 2.03. The van der Waals surface area contributed by atoms with Gasteiger partial charge < -0.3 is 11.1 Å². The summed E-state index contributed by atoms with van der Waals surface area (Å²) in [6, 6.07) is 5.27. The van der Waals surface area contributed by atoms with Crippen molar-refractivity contribution in [3.8, 4) is 11.9 Å². The van der Waals surface area contributed by atoms with Crippen molar-refractivity contribution in [2.45, 2.75) is 19.8 Å². The Kier molecular flexibility index (Phi) is 4.38. The highest BCUT2D eigenvalue weighted by Gasteiger charge is 2.17. The van der Waals surface area contributed by atoms with E-state index >= 15 is 0 Å². The molecule has 0 unspecified atom stereocenters. The predicted octanol–water partition coefficient (Wildman–Crippen LogP) is 1.98. The Morgan fingerprint density at radius 2 is 2.25 bits per heavy atom. The minimum atomic E-state index is 0.225. The van der Waals surface area contributed by atoms with Gasteiger partial charge in [-0.25, -0.2) is 0 Å². The van der Waals surface area contributed by atoms with Crippen LogP contribution in [0.4, 0.5) is 11.6 Å². The van der Waals surface area contributed by atoms with Crippen molar-refractivity contribution in [3.63, 3.8) is 0 Å². The van der Waals surface area contributed by atoms with Gasteiger partial charge in [0.05, 0.1) is 0 Å². The molecule has 0 fully saturated rings. The molecule has 0 radical (unpaired) electrons. The Bertz CT molecular complexity index is 626. The molecule has 0 saturated heterocycles. The number of nitriles is 1. The van der Waals surface area contributed by atoms with E-state index in [4.69, 9.17) is 17.3 Å². The highest BCUT2D eigenvalue weighted by atomic mass is 35.5. The summed E-state index contributed by atoms with van der Waals surface area (Å²) in [5, 5.41) is 24.5. The number of rotatable bonds is 5. The van der Waals surface area contributed by atoms with Gasteiger partial charge in [-0.05, 0) is 18.6 Å². The van der Waals surface area contributed by atoms with Crippen LogP contribution >= 0.6 is 11.6 Å². The molecule has 2 heterocycles. The largest absolute Gasteiger partial charge is 0.382 e. The molecule has 104 valence electrons. The first-order chi connectivity index (χ1) is 9.67. The summed E-state index contributed by atoms with van der Waals surface area (Å²) in [7, 11) is 0. The molecule has 2 rings (SSSR count). The fraction of sp³-hybridized carbons (Fsp3) is 0.333.